The smallest absolute Gasteiger partial charge is 0.0957 e. The van der Waals surface area contributed by atoms with E-state index in [2.05, 4.69) is 28.1 Å². The molecule has 0 saturated heterocycles. The lowest BCUT2D eigenvalue weighted by Crippen LogP contribution is -2.55. The van der Waals surface area contributed by atoms with Gasteiger partial charge in [-0.2, -0.15) is 0 Å². The molecule has 0 radical (unpaired) electrons. The van der Waals surface area contributed by atoms with E-state index in [0.29, 0.717) is 5.54 Å². The van der Waals surface area contributed by atoms with E-state index in [4.69, 9.17) is 0 Å². The van der Waals surface area contributed by atoms with Crippen molar-refractivity contribution >= 4 is 0 Å². The van der Waals surface area contributed by atoms with E-state index >= 15 is 0 Å². The molecule has 0 N–H and O–H groups in total. The van der Waals surface area contributed by atoms with Gasteiger partial charge in [0.2, 0.25) is 0 Å². The van der Waals surface area contributed by atoms with Crippen LogP contribution in [0.2, 0.25) is 0 Å². The van der Waals surface area contributed by atoms with Crippen molar-refractivity contribution in [1.29, 1.82) is 0 Å². The van der Waals surface area contributed by atoms with Crippen LogP contribution in [0.5, 0.6) is 0 Å². The first-order chi connectivity index (χ1) is 5.96. The minimum Gasteiger partial charge on any atom is -0.326 e. The van der Waals surface area contributed by atoms with Crippen molar-refractivity contribution in [2.75, 3.05) is 21.1 Å². The van der Waals surface area contributed by atoms with Gasteiger partial charge in [-0.25, -0.2) is 0 Å². The zero-order chi connectivity index (χ0) is 9.95. The molecule has 1 nitrogen and oxygen atoms in total. The van der Waals surface area contributed by atoms with Crippen LogP contribution in [0.1, 0.15) is 51.9 Å². The summed E-state index contributed by atoms with van der Waals surface area (Å²) in [4.78, 5) is 0. The number of quaternary nitrogens is 1. The highest BCUT2D eigenvalue weighted by molar-refractivity contribution is 4.76. The molecular formula is C12H26N+. The minimum atomic E-state index is 0.528. The monoisotopic (exact) mass is 184 g/mol. The highest BCUT2D eigenvalue weighted by Crippen LogP contribution is 2.33. The fourth-order valence-corrected chi connectivity index (χ4v) is 2.34. The molecule has 0 atom stereocenters. The van der Waals surface area contributed by atoms with Crippen LogP contribution in [0.3, 0.4) is 0 Å². The minimum absolute atomic E-state index is 0.528. The van der Waals surface area contributed by atoms with Crippen LogP contribution >= 0.6 is 0 Å². The summed E-state index contributed by atoms with van der Waals surface area (Å²) < 4.78 is 1.13. The third kappa shape index (κ3) is 2.70. The lowest BCUT2D eigenvalue weighted by atomic mass is 9.83. The summed E-state index contributed by atoms with van der Waals surface area (Å²) in [5.74, 6) is 0. The van der Waals surface area contributed by atoms with Crippen LogP contribution in [0, 0.1) is 0 Å². The van der Waals surface area contributed by atoms with Crippen molar-refractivity contribution in [3.63, 3.8) is 0 Å². The molecule has 1 saturated carbocycles. The van der Waals surface area contributed by atoms with Crippen molar-refractivity contribution in [1.82, 2.24) is 0 Å². The van der Waals surface area contributed by atoms with Crippen LogP contribution in [0.25, 0.3) is 0 Å². The Labute approximate surface area is 83.7 Å². The predicted octanol–water partition coefficient (Wildman–Crippen LogP) is 3.20. The SMILES string of the molecule is CC1([N+](C)(C)C)CCCCCCC1. The summed E-state index contributed by atoms with van der Waals surface area (Å²) in [5.41, 5.74) is 0.528. The molecule has 0 aromatic carbocycles. The van der Waals surface area contributed by atoms with E-state index < -0.39 is 0 Å². The zero-order valence-corrected chi connectivity index (χ0v) is 9.90. The van der Waals surface area contributed by atoms with Gasteiger partial charge in [0.05, 0.1) is 26.7 Å². The summed E-state index contributed by atoms with van der Waals surface area (Å²) in [5, 5.41) is 0. The summed E-state index contributed by atoms with van der Waals surface area (Å²) in [6, 6.07) is 0. The van der Waals surface area contributed by atoms with Crippen LogP contribution in [0.4, 0.5) is 0 Å². The van der Waals surface area contributed by atoms with E-state index in [-0.39, 0.29) is 0 Å². The van der Waals surface area contributed by atoms with Gasteiger partial charge in [0, 0.05) is 12.8 Å². The fraction of sp³-hybridized carbons (Fsp3) is 1.00. The van der Waals surface area contributed by atoms with Gasteiger partial charge in [-0.05, 0) is 19.8 Å². The van der Waals surface area contributed by atoms with Crippen LogP contribution < -0.4 is 0 Å². The van der Waals surface area contributed by atoms with E-state index in [0.717, 1.165) is 4.48 Å². The first kappa shape index (κ1) is 11.0. The quantitative estimate of drug-likeness (QED) is 0.549. The Morgan fingerprint density at radius 2 is 1.15 bits per heavy atom. The Morgan fingerprint density at radius 3 is 1.54 bits per heavy atom. The Morgan fingerprint density at radius 1 is 0.769 bits per heavy atom. The average molecular weight is 184 g/mol. The van der Waals surface area contributed by atoms with Gasteiger partial charge >= 0.3 is 0 Å². The Kier molecular flexibility index (Phi) is 3.39. The maximum Gasteiger partial charge on any atom is 0.0957 e. The van der Waals surface area contributed by atoms with Crippen molar-refractivity contribution < 1.29 is 4.48 Å². The van der Waals surface area contributed by atoms with Gasteiger partial charge < -0.3 is 4.48 Å². The number of hydrogen-bond acceptors (Lipinski definition) is 0. The summed E-state index contributed by atoms with van der Waals surface area (Å²) in [7, 11) is 7.05. The second-order valence-electron chi connectivity index (χ2n) is 5.78. The molecule has 0 amide bonds. The van der Waals surface area contributed by atoms with Gasteiger partial charge in [0.1, 0.15) is 0 Å². The van der Waals surface area contributed by atoms with Crippen molar-refractivity contribution in [2.24, 2.45) is 0 Å². The molecule has 1 aliphatic carbocycles. The number of nitrogens with zero attached hydrogens (tertiary/aromatic N) is 1. The molecule has 0 bridgehead atoms. The van der Waals surface area contributed by atoms with E-state index in [1.807, 2.05) is 0 Å². The highest BCUT2D eigenvalue weighted by Gasteiger charge is 2.37. The number of rotatable bonds is 1. The lowest BCUT2D eigenvalue weighted by Gasteiger charge is -2.45. The largest absolute Gasteiger partial charge is 0.326 e. The van der Waals surface area contributed by atoms with Crippen molar-refractivity contribution in [2.45, 2.75) is 57.4 Å². The first-order valence-electron chi connectivity index (χ1n) is 5.77. The van der Waals surface area contributed by atoms with E-state index in [1.165, 1.54) is 44.9 Å². The molecule has 0 spiro atoms. The van der Waals surface area contributed by atoms with Crippen molar-refractivity contribution in [3.8, 4) is 0 Å². The molecule has 1 fully saturated rings. The predicted molar refractivity (Wildman–Crippen MR) is 58.8 cm³/mol. The van der Waals surface area contributed by atoms with Crippen molar-refractivity contribution in [3.05, 3.63) is 0 Å². The Bertz CT molecular complexity index is 147. The summed E-state index contributed by atoms with van der Waals surface area (Å²) in [6.45, 7) is 2.47. The topological polar surface area (TPSA) is 0 Å². The normalized spacial score (nSPS) is 24.9. The van der Waals surface area contributed by atoms with Crippen LogP contribution in [-0.4, -0.2) is 31.2 Å². The standard InChI is InChI=1S/C12H26N/c1-12(13(2,3)4)10-8-6-5-7-9-11-12/h5-11H2,1-4H3/q+1. The maximum atomic E-state index is 2.47. The molecule has 0 heterocycles. The average Bonchev–Trinajstić information content (AvgIpc) is 1.94. The highest BCUT2D eigenvalue weighted by atomic mass is 15.3. The van der Waals surface area contributed by atoms with Crippen LogP contribution in [0.15, 0.2) is 0 Å². The third-order valence-electron chi connectivity index (χ3n) is 4.05. The Balaban J connectivity index is 2.62. The molecule has 0 aromatic rings. The molecule has 1 aliphatic rings. The third-order valence-corrected chi connectivity index (χ3v) is 4.05. The van der Waals surface area contributed by atoms with Crippen LogP contribution in [-0.2, 0) is 0 Å². The molecule has 1 heteroatoms. The van der Waals surface area contributed by atoms with Gasteiger partial charge in [-0.1, -0.05) is 19.3 Å². The van der Waals surface area contributed by atoms with Gasteiger partial charge in [0.25, 0.3) is 0 Å². The molecule has 78 valence electrons. The van der Waals surface area contributed by atoms with E-state index in [1.54, 1.807) is 0 Å². The zero-order valence-electron chi connectivity index (χ0n) is 9.90. The van der Waals surface area contributed by atoms with Gasteiger partial charge in [-0.3, -0.25) is 0 Å². The fourth-order valence-electron chi connectivity index (χ4n) is 2.34. The molecular weight excluding hydrogens is 158 g/mol. The van der Waals surface area contributed by atoms with E-state index in [9.17, 15) is 0 Å². The Hall–Kier alpha value is -0.0400. The molecule has 0 unspecified atom stereocenters. The maximum absolute atomic E-state index is 2.47. The van der Waals surface area contributed by atoms with Gasteiger partial charge in [0.15, 0.2) is 0 Å². The molecule has 1 rings (SSSR count). The number of hydrogen-bond donors (Lipinski definition) is 0. The lowest BCUT2D eigenvalue weighted by molar-refractivity contribution is -0.923. The summed E-state index contributed by atoms with van der Waals surface area (Å²) >= 11 is 0. The first-order valence-corrected chi connectivity index (χ1v) is 5.77. The molecule has 0 aromatic heterocycles. The summed E-state index contributed by atoms with van der Waals surface area (Å²) in [6.07, 6.45) is 10.1. The van der Waals surface area contributed by atoms with Gasteiger partial charge in [-0.15, -0.1) is 0 Å². The molecule has 0 aliphatic heterocycles. The molecule has 13 heavy (non-hydrogen) atoms. The second-order valence-corrected chi connectivity index (χ2v) is 5.78. The second kappa shape index (κ2) is 4.00.